The lowest BCUT2D eigenvalue weighted by Gasteiger charge is -2.07. The fourth-order valence-electron chi connectivity index (χ4n) is 2.58. The number of hydrogen-bond donors (Lipinski definition) is 1. The maximum Gasteiger partial charge on any atom is 0.0483 e. The Hall–Kier alpha value is -2.06. The Kier molecular flexibility index (Phi) is 3.57. The van der Waals surface area contributed by atoms with Gasteiger partial charge in [-0.25, -0.2) is 0 Å². The van der Waals surface area contributed by atoms with Crippen LogP contribution in [-0.2, 0) is 19.5 Å². The number of aryl methyl sites for hydroxylation is 1. The van der Waals surface area contributed by atoms with Crippen molar-refractivity contribution in [3.63, 3.8) is 0 Å². The van der Waals surface area contributed by atoms with Gasteiger partial charge in [0.15, 0.2) is 0 Å². The average Bonchev–Trinajstić information content (AvgIpc) is 2.90. The molecule has 3 aromatic rings. The molecular weight excluding hydrogens is 244 g/mol. The fourth-order valence-corrected chi connectivity index (χ4v) is 2.58. The molecule has 0 saturated heterocycles. The van der Waals surface area contributed by atoms with E-state index in [9.17, 15) is 0 Å². The monoisotopic (exact) mass is 264 g/mol. The Morgan fingerprint density at radius 2 is 1.60 bits per heavy atom. The molecular formula is C18H20N2. The Morgan fingerprint density at radius 1 is 0.900 bits per heavy atom. The second-order valence-corrected chi connectivity index (χ2v) is 5.21. The zero-order valence-corrected chi connectivity index (χ0v) is 11.8. The van der Waals surface area contributed by atoms with Gasteiger partial charge < -0.3 is 10.3 Å². The molecule has 102 valence electrons. The van der Waals surface area contributed by atoms with Gasteiger partial charge in [-0.1, -0.05) is 37.3 Å². The predicted molar refractivity (Wildman–Crippen MR) is 84.8 cm³/mol. The van der Waals surface area contributed by atoms with Crippen molar-refractivity contribution in [3.8, 4) is 0 Å². The Bertz CT molecular complexity index is 708. The number of nitrogens with two attached hydrogens (primary N) is 1. The third-order valence-electron chi connectivity index (χ3n) is 3.86. The third kappa shape index (κ3) is 2.47. The molecule has 2 heteroatoms. The van der Waals surface area contributed by atoms with Crippen molar-refractivity contribution in [2.45, 2.75) is 26.4 Å². The minimum Gasteiger partial charge on any atom is -0.343 e. The lowest BCUT2D eigenvalue weighted by molar-refractivity contribution is 0.835. The first-order valence-electron chi connectivity index (χ1n) is 7.16. The van der Waals surface area contributed by atoms with Crippen LogP contribution >= 0.6 is 0 Å². The normalized spacial score (nSPS) is 11.1. The summed E-state index contributed by atoms with van der Waals surface area (Å²) in [4.78, 5) is 0. The molecule has 0 amide bonds. The minimum atomic E-state index is 0.604. The molecule has 1 aromatic heterocycles. The van der Waals surface area contributed by atoms with E-state index in [1.165, 1.54) is 27.6 Å². The SMILES string of the molecule is CCc1ccc2c(ccn2Cc2ccc(CN)cc2)c1. The summed E-state index contributed by atoms with van der Waals surface area (Å²) in [5, 5.41) is 1.32. The number of aromatic nitrogens is 1. The van der Waals surface area contributed by atoms with Gasteiger partial charge in [0.2, 0.25) is 0 Å². The van der Waals surface area contributed by atoms with Gasteiger partial charge in [-0.3, -0.25) is 0 Å². The molecule has 1 heterocycles. The summed E-state index contributed by atoms with van der Waals surface area (Å²) < 4.78 is 2.30. The van der Waals surface area contributed by atoms with Gasteiger partial charge in [0.1, 0.15) is 0 Å². The van der Waals surface area contributed by atoms with Gasteiger partial charge in [0, 0.05) is 24.8 Å². The highest BCUT2D eigenvalue weighted by atomic mass is 14.9. The van der Waals surface area contributed by atoms with Gasteiger partial charge >= 0.3 is 0 Å². The van der Waals surface area contributed by atoms with Crippen LogP contribution < -0.4 is 5.73 Å². The molecule has 2 aromatic carbocycles. The van der Waals surface area contributed by atoms with Crippen molar-refractivity contribution >= 4 is 10.9 Å². The molecule has 2 nitrogen and oxygen atoms in total. The summed E-state index contributed by atoms with van der Waals surface area (Å²) in [6.45, 7) is 3.70. The topological polar surface area (TPSA) is 30.9 Å². The zero-order chi connectivity index (χ0) is 13.9. The molecule has 0 saturated carbocycles. The molecule has 0 atom stereocenters. The van der Waals surface area contributed by atoms with Crippen molar-refractivity contribution in [2.75, 3.05) is 0 Å². The first-order valence-corrected chi connectivity index (χ1v) is 7.16. The standard InChI is InChI=1S/C18H20N2/c1-2-14-7-8-18-17(11-14)9-10-20(18)13-16-5-3-15(12-19)4-6-16/h3-11H,2,12-13,19H2,1H3. The molecule has 0 unspecified atom stereocenters. The number of rotatable bonds is 4. The Balaban J connectivity index is 1.90. The van der Waals surface area contributed by atoms with E-state index in [4.69, 9.17) is 5.73 Å². The molecule has 0 bridgehead atoms. The van der Waals surface area contributed by atoms with E-state index in [0.717, 1.165) is 13.0 Å². The van der Waals surface area contributed by atoms with E-state index >= 15 is 0 Å². The third-order valence-corrected chi connectivity index (χ3v) is 3.86. The molecule has 20 heavy (non-hydrogen) atoms. The van der Waals surface area contributed by atoms with Crippen LogP contribution in [0.4, 0.5) is 0 Å². The summed E-state index contributed by atoms with van der Waals surface area (Å²) in [6, 6.07) is 17.5. The highest BCUT2D eigenvalue weighted by molar-refractivity contribution is 5.81. The van der Waals surface area contributed by atoms with Crippen molar-refractivity contribution in [1.82, 2.24) is 4.57 Å². The van der Waals surface area contributed by atoms with E-state index in [1.54, 1.807) is 0 Å². The molecule has 0 aliphatic rings. The number of benzene rings is 2. The predicted octanol–water partition coefficient (Wildman–Crippen LogP) is 3.71. The van der Waals surface area contributed by atoms with E-state index in [-0.39, 0.29) is 0 Å². The molecule has 0 aliphatic carbocycles. The van der Waals surface area contributed by atoms with Gasteiger partial charge in [-0.05, 0) is 46.7 Å². The van der Waals surface area contributed by atoms with Crippen LogP contribution in [0.2, 0.25) is 0 Å². The molecule has 0 spiro atoms. The fraction of sp³-hybridized carbons (Fsp3) is 0.222. The van der Waals surface area contributed by atoms with Crippen LogP contribution in [0.3, 0.4) is 0 Å². The quantitative estimate of drug-likeness (QED) is 0.765. The van der Waals surface area contributed by atoms with E-state index in [2.05, 4.69) is 66.2 Å². The molecule has 0 aliphatic heterocycles. The average molecular weight is 264 g/mol. The highest BCUT2D eigenvalue weighted by Crippen LogP contribution is 2.19. The van der Waals surface area contributed by atoms with Gasteiger partial charge in [-0.15, -0.1) is 0 Å². The van der Waals surface area contributed by atoms with Crippen LogP contribution in [0.25, 0.3) is 10.9 Å². The summed E-state index contributed by atoms with van der Waals surface area (Å²) >= 11 is 0. The van der Waals surface area contributed by atoms with Crippen molar-refractivity contribution < 1.29 is 0 Å². The van der Waals surface area contributed by atoms with Crippen molar-refractivity contribution in [1.29, 1.82) is 0 Å². The van der Waals surface area contributed by atoms with Crippen LogP contribution in [0, 0.1) is 0 Å². The lowest BCUT2D eigenvalue weighted by Crippen LogP contribution is -2.00. The van der Waals surface area contributed by atoms with E-state index in [0.29, 0.717) is 6.54 Å². The molecule has 2 N–H and O–H groups in total. The summed E-state index contributed by atoms with van der Waals surface area (Å²) in [6.07, 6.45) is 3.25. The van der Waals surface area contributed by atoms with Gasteiger partial charge in [0.25, 0.3) is 0 Å². The Morgan fingerprint density at radius 3 is 2.30 bits per heavy atom. The number of nitrogens with zero attached hydrogens (tertiary/aromatic N) is 1. The summed E-state index contributed by atoms with van der Waals surface area (Å²) in [7, 11) is 0. The van der Waals surface area contributed by atoms with Crippen molar-refractivity contribution in [3.05, 3.63) is 71.4 Å². The lowest BCUT2D eigenvalue weighted by atomic mass is 10.1. The molecule has 3 rings (SSSR count). The number of hydrogen-bond acceptors (Lipinski definition) is 1. The number of fused-ring (bicyclic) bond motifs is 1. The van der Waals surface area contributed by atoms with E-state index < -0.39 is 0 Å². The molecule has 0 fully saturated rings. The second kappa shape index (κ2) is 5.51. The maximum atomic E-state index is 5.63. The largest absolute Gasteiger partial charge is 0.343 e. The minimum absolute atomic E-state index is 0.604. The van der Waals surface area contributed by atoms with Crippen LogP contribution in [0.15, 0.2) is 54.7 Å². The molecule has 0 radical (unpaired) electrons. The zero-order valence-electron chi connectivity index (χ0n) is 11.8. The smallest absolute Gasteiger partial charge is 0.0483 e. The Labute approximate surface area is 119 Å². The second-order valence-electron chi connectivity index (χ2n) is 5.21. The van der Waals surface area contributed by atoms with Crippen LogP contribution in [-0.4, -0.2) is 4.57 Å². The first kappa shape index (κ1) is 12.9. The maximum absolute atomic E-state index is 5.63. The summed E-state index contributed by atoms with van der Waals surface area (Å²) in [5.41, 5.74) is 10.8. The van der Waals surface area contributed by atoms with Crippen LogP contribution in [0.5, 0.6) is 0 Å². The van der Waals surface area contributed by atoms with Crippen molar-refractivity contribution in [2.24, 2.45) is 5.73 Å². The highest BCUT2D eigenvalue weighted by Gasteiger charge is 2.03. The first-order chi connectivity index (χ1) is 9.80. The summed E-state index contributed by atoms with van der Waals surface area (Å²) in [5.74, 6) is 0. The van der Waals surface area contributed by atoms with E-state index in [1.807, 2.05) is 0 Å². The van der Waals surface area contributed by atoms with Gasteiger partial charge in [0.05, 0.1) is 0 Å². The van der Waals surface area contributed by atoms with Gasteiger partial charge in [-0.2, -0.15) is 0 Å². The van der Waals surface area contributed by atoms with Crippen LogP contribution in [0.1, 0.15) is 23.6 Å².